The van der Waals surface area contributed by atoms with Crippen LogP contribution in [0.4, 0.5) is 5.69 Å². The summed E-state index contributed by atoms with van der Waals surface area (Å²) >= 11 is 0. The summed E-state index contributed by atoms with van der Waals surface area (Å²) in [4.78, 5) is 27.7. The molecule has 0 aliphatic carbocycles. The molecule has 0 saturated carbocycles. The number of nitrogens with one attached hydrogen (secondary N) is 1. The Morgan fingerprint density at radius 2 is 1.57 bits per heavy atom. The summed E-state index contributed by atoms with van der Waals surface area (Å²) in [6.45, 7) is 3.27. The van der Waals surface area contributed by atoms with Gasteiger partial charge in [0.05, 0.1) is 17.7 Å². The zero-order valence-electron chi connectivity index (χ0n) is 21.5. The number of aryl methyl sites for hydroxylation is 1. The number of methoxy groups -OCH3 is 1. The van der Waals surface area contributed by atoms with E-state index in [1.807, 2.05) is 37.3 Å². The van der Waals surface area contributed by atoms with Gasteiger partial charge in [-0.15, -0.1) is 0 Å². The maximum Gasteiger partial charge on any atom is 0.264 e. The van der Waals surface area contributed by atoms with Crippen LogP contribution >= 0.6 is 0 Å². The average molecular weight is 524 g/mol. The normalized spacial score (nSPS) is 11.9. The fourth-order valence-electron chi connectivity index (χ4n) is 3.89. The molecule has 0 aliphatic heterocycles. The molecular weight excluding hydrogens is 490 g/mol. The number of nitrogens with zero attached hydrogens (tertiary/aromatic N) is 2. The Hall–Kier alpha value is -3.85. The largest absolute Gasteiger partial charge is 0.497 e. The second-order valence-corrected chi connectivity index (χ2v) is 10.5. The average Bonchev–Trinajstić information content (AvgIpc) is 2.92. The minimum Gasteiger partial charge on any atom is -0.497 e. The molecule has 196 valence electrons. The first kappa shape index (κ1) is 27.7. The third-order valence-corrected chi connectivity index (χ3v) is 7.93. The summed E-state index contributed by atoms with van der Waals surface area (Å²) in [5.74, 6) is -0.266. The van der Waals surface area contributed by atoms with Crippen LogP contribution in [-0.4, -0.2) is 58.4 Å². The van der Waals surface area contributed by atoms with Crippen molar-refractivity contribution in [2.24, 2.45) is 0 Å². The molecule has 0 unspecified atom stereocenters. The summed E-state index contributed by atoms with van der Waals surface area (Å²) < 4.78 is 33.8. The van der Waals surface area contributed by atoms with Gasteiger partial charge >= 0.3 is 0 Å². The molecule has 3 rings (SSSR count). The summed E-state index contributed by atoms with van der Waals surface area (Å²) in [7, 11) is -1.07. The highest BCUT2D eigenvalue weighted by Crippen LogP contribution is 2.26. The number of hydrogen-bond acceptors (Lipinski definition) is 5. The van der Waals surface area contributed by atoms with Crippen molar-refractivity contribution < 1.29 is 22.7 Å². The lowest BCUT2D eigenvalue weighted by atomic mass is 10.1. The van der Waals surface area contributed by atoms with Crippen LogP contribution in [0.25, 0.3) is 0 Å². The number of sulfonamides is 1. The van der Waals surface area contributed by atoms with E-state index in [4.69, 9.17) is 4.74 Å². The van der Waals surface area contributed by atoms with E-state index in [1.54, 1.807) is 43.3 Å². The van der Waals surface area contributed by atoms with Crippen molar-refractivity contribution in [3.8, 4) is 5.75 Å². The van der Waals surface area contributed by atoms with Crippen LogP contribution in [0.1, 0.15) is 18.1 Å². The Bertz CT molecular complexity index is 1290. The van der Waals surface area contributed by atoms with Gasteiger partial charge in [0.15, 0.2) is 0 Å². The predicted octanol–water partition coefficient (Wildman–Crippen LogP) is 3.40. The third-order valence-electron chi connectivity index (χ3n) is 6.15. The SMILES string of the molecule is CNC(=O)[C@H](C)N(CCc1ccccc1)C(=O)CN(c1ccc(OC)cc1)S(=O)(=O)c1ccc(C)cc1. The molecule has 1 atom stereocenters. The van der Waals surface area contributed by atoms with E-state index < -0.39 is 28.5 Å². The summed E-state index contributed by atoms with van der Waals surface area (Å²) in [5, 5.41) is 2.58. The number of ether oxygens (including phenoxy) is 1. The fraction of sp³-hybridized carbons (Fsp3) is 0.286. The van der Waals surface area contributed by atoms with Gasteiger partial charge in [0, 0.05) is 13.6 Å². The molecule has 0 saturated heterocycles. The minimum absolute atomic E-state index is 0.0666. The lowest BCUT2D eigenvalue weighted by molar-refractivity contribution is -0.138. The van der Waals surface area contributed by atoms with Gasteiger partial charge in [0.1, 0.15) is 18.3 Å². The molecule has 0 fully saturated rings. The van der Waals surface area contributed by atoms with Crippen molar-refractivity contribution >= 4 is 27.5 Å². The molecule has 37 heavy (non-hydrogen) atoms. The van der Waals surface area contributed by atoms with E-state index in [-0.39, 0.29) is 17.3 Å². The smallest absolute Gasteiger partial charge is 0.264 e. The second kappa shape index (κ2) is 12.4. The molecule has 0 bridgehead atoms. The number of anilines is 1. The molecule has 8 nitrogen and oxygen atoms in total. The summed E-state index contributed by atoms with van der Waals surface area (Å²) in [6, 6.07) is 21.7. The Labute approximate surface area is 218 Å². The van der Waals surface area contributed by atoms with Crippen molar-refractivity contribution in [1.29, 1.82) is 0 Å². The second-order valence-electron chi connectivity index (χ2n) is 8.64. The van der Waals surface area contributed by atoms with Gasteiger partial charge < -0.3 is 15.0 Å². The Balaban J connectivity index is 1.97. The molecule has 3 aromatic rings. The number of hydrogen-bond donors (Lipinski definition) is 1. The molecule has 3 aromatic carbocycles. The minimum atomic E-state index is -4.09. The van der Waals surface area contributed by atoms with Crippen LogP contribution in [0.5, 0.6) is 5.75 Å². The van der Waals surface area contributed by atoms with Crippen molar-refractivity contribution in [1.82, 2.24) is 10.2 Å². The summed E-state index contributed by atoms with van der Waals surface area (Å²) in [6.07, 6.45) is 0.515. The molecule has 0 aromatic heterocycles. The van der Waals surface area contributed by atoms with Gasteiger partial charge in [-0.3, -0.25) is 13.9 Å². The zero-order valence-corrected chi connectivity index (χ0v) is 22.4. The highest BCUT2D eigenvalue weighted by Gasteiger charge is 2.32. The number of benzene rings is 3. The van der Waals surface area contributed by atoms with E-state index >= 15 is 0 Å². The van der Waals surface area contributed by atoms with Crippen molar-refractivity contribution in [2.45, 2.75) is 31.2 Å². The van der Waals surface area contributed by atoms with Gasteiger partial charge in [-0.1, -0.05) is 48.0 Å². The Kier molecular flexibility index (Phi) is 9.30. The first-order valence-corrected chi connectivity index (χ1v) is 13.4. The Morgan fingerprint density at radius 1 is 0.946 bits per heavy atom. The summed E-state index contributed by atoms with van der Waals surface area (Å²) in [5.41, 5.74) is 2.23. The molecule has 0 spiro atoms. The first-order valence-electron chi connectivity index (χ1n) is 12.0. The standard InChI is InChI=1S/C28H33N3O5S/c1-21-10-16-26(17-11-21)37(34,35)31(24-12-14-25(36-4)15-13-24)20-27(32)30(22(2)28(33)29-3)19-18-23-8-6-5-7-9-23/h5-17,22H,18-20H2,1-4H3,(H,29,33)/t22-/m0/s1. The highest BCUT2D eigenvalue weighted by atomic mass is 32.2. The number of carbonyl (C=O) groups excluding carboxylic acids is 2. The van der Waals surface area contributed by atoms with E-state index in [0.29, 0.717) is 17.9 Å². The number of amides is 2. The van der Waals surface area contributed by atoms with Crippen molar-refractivity contribution in [3.63, 3.8) is 0 Å². The van der Waals surface area contributed by atoms with Gasteiger partial charge in [0.2, 0.25) is 11.8 Å². The topological polar surface area (TPSA) is 96.0 Å². The van der Waals surface area contributed by atoms with E-state index in [1.165, 1.54) is 31.2 Å². The maximum atomic E-state index is 13.7. The van der Waals surface area contributed by atoms with Crippen LogP contribution < -0.4 is 14.4 Å². The fourth-order valence-corrected chi connectivity index (χ4v) is 5.31. The van der Waals surface area contributed by atoms with E-state index in [2.05, 4.69) is 5.32 Å². The van der Waals surface area contributed by atoms with Crippen LogP contribution in [0.3, 0.4) is 0 Å². The van der Waals surface area contributed by atoms with Crippen LogP contribution in [0.15, 0.2) is 83.8 Å². The lowest BCUT2D eigenvalue weighted by Gasteiger charge is -2.31. The molecular formula is C28H33N3O5S. The monoisotopic (exact) mass is 523 g/mol. The zero-order chi connectivity index (χ0) is 27.0. The van der Waals surface area contributed by atoms with Crippen LogP contribution in [0.2, 0.25) is 0 Å². The van der Waals surface area contributed by atoms with Crippen molar-refractivity contribution in [2.75, 3.05) is 31.6 Å². The van der Waals surface area contributed by atoms with Crippen molar-refractivity contribution in [3.05, 3.63) is 90.0 Å². The lowest BCUT2D eigenvalue weighted by Crippen LogP contribution is -2.51. The molecule has 1 N–H and O–H groups in total. The quantitative estimate of drug-likeness (QED) is 0.416. The molecule has 2 amide bonds. The van der Waals surface area contributed by atoms with Gasteiger partial charge in [-0.25, -0.2) is 8.42 Å². The predicted molar refractivity (Wildman–Crippen MR) is 144 cm³/mol. The van der Waals surface area contributed by atoms with Gasteiger partial charge in [-0.05, 0) is 62.2 Å². The van der Waals surface area contributed by atoms with Gasteiger partial charge in [-0.2, -0.15) is 0 Å². The van der Waals surface area contributed by atoms with E-state index in [9.17, 15) is 18.0 Å². The van der Waals surface area contributed by atoms with E-state index in [0.717, 1.165) is 15.4 Å². The molecule has 0 aliphatic rings. The van der Waals surface area contributed by atoms with Crippen LogP contribution in [-0.2, 0) is 26.0 Å². The Morgan fingerprint density at radius 3 is 2.14 bits per heavy atom. The number of rotatable bonds is 11. The highest BCUT2D eigenvalue weighted by molar-refractivity contribution is 7.92. The molecule has 0 heterocycles. The van der Waals surface area contributed by atoms with Gasteiger partial charge in [0.25, 0.3) is 10.0 Å². The maximum absolute atomic E-state index is 13.7. The number of likely N-dealkylation sites (N-methyl/N-ethyl adjacent to an activating group) is 1. The van der Waals surface area contributed by atoms with Crippen LogP contribution in [0, 0.1) is 6.92 Å². The molecule has 0 radical (unpaired) electrons. The number of carbonyl (C=O) groups is 2. The first-order chi connectivity index (χ1) is 17.7. The third kappa shape index (κ3) is 6.89. The molecule has 9 heteroatoms.